The van der Waals surface area contributed by atoms with Crippen molar-refractivity contribution in [3.05, 3.63) is 69.5 Å². The van der Waals surface area contributed by atoms with E-state index in [9.17, 15) is 9.18 Å². The third-order valence-electron chi connectivity index (χ3n) is 4.12. The third kappa shape index (κ3) is 2.70. The van der Waals surface area contributed by atoms with Crippen molar-refractivity contribution in [1.29, 1.82) is 0 Å². The Hall–Kier alpha value is -2.69. The second-order valence-electron chi connectivity index (χ2n) is 5.71. The van der Waals surface area contributed by atoms with Gasteiger partial charge >= 0.3 is 0 Å². The number of ether oxygens (including phenoxy) is 1. The molecule has 1 aromatic heterocycles. The molecular formula is C18H15FN2O2. The number of rotatable bonds is 3. The van der Waals surface area contributed by atoms with Gasteiger partial charge in [0.15, 0.2) is 0 Å². The SMILES string of the molecule is O=c1[nH]c(CCc2ccc3c(c2)CCO3)nc2cc(F)ccc12. The number of fused-ring (bicyclic) bond motifs is 2. The molecule has 1 N–H and O–H groups in total. The molecule has 0 atom stereocenters. The fraction of sp³-hybridized carbons (Fsp3) is 0.222. The van der Waals surface area contributed by atoms with E-state index in [1.54, 1.807) is 0 Å². The van der Waals surface area contributed by atoms with Crippen LogP contribution in [-0.4, -0.2) is 16.6 Å². The van der Waals surface area contributed by atoms with E-state index in [4.69, 9.17) is 4.74 Å². The Morgan fingerprint density at radius 3 is 3.00 bits per heavy atom. The number of aryl methyl sites for hydroxylation is 2. The topological polar surface area (TPSA) is 55.0 Å². The Balaban J connectivity index is 1.59. The van der Waals surface area contributed by atoms with Crippen LogP contribution in [-0.2, 0) is 19.3 Å². The van der Waals surface area contributed by atoms with Crippen molar-refractivity contribution in [2.45, 2.75) is 19.3 Å². The molecule has 0 fully saturated rings. The molecule has 4 rings (SSSR count). The first-order valence-corrected chi connectivity index (χ1v) is 7.62. The van der Waals surface area contributed by atoms with Crippen LogP contribution < -0.4 is 10.3 Å². The van der Waals surface area contributed by atoms with Gasteiger partial charge < -0.3 is 9.72 Å². The molecule has 0 radical (unpaired) electrons. The highest BCUT2D eigenvalue weighted by Gasteiger charge is 2.12. The zero-order valence-electron chi connectivity index (χ0n) is 12.4. The number of H-pyrrole nitrogens is 1. The standard InChI is InChI=1S/C18H15FN2O2/c19-13-3-4-14-15(10-13)20-17(21-18(14)22)6-2-11-1-5-16-12(9-11)7-8-23-16/h1,3-5,9-10H,2,6-8H2,(H,20,21,22). The number of halogens is 1. The van der Waals surface area contributed by atoms with Crippen molar-refractivity contribution in [3.8, 4) is 5.75 Å². The largest absolute Gasteiger partial charge is 0.493 e. The summed E-state index contributed by atoms with van der Waals surface area (Å²) in [7, 11) is 0. The van der Waals surface area contributed by atoms with Gasteiger partial charge in [0, 0.05) is 18.9 Å². The van der Waals surface area contributed by atoms with E-state index in [2.05, 4.69) is 16.0 Å². The quantitative estimate of drug-likeness (QED) is 0.809. The maximum Gasteiger partial charge on any atom is 0.258 e. The number of nitrogens with one attached hydrogen (secondary N) is 1. The summed E-state index contributed by atoms with van der Waals surface area (Å²) in [5, 5.41) is 0.407. The van der Waals surface area contributed by atoms with Gasteiger partial charge in [-0.2, -0.15) is 0 Å². The monoisotopic (exact) mass is 310 g/mol. The van der Waals surface area contributed by atoms with Gasteiger partial charge in [-0.1, -0.05) is 12.1 Å². The summed E-state index contributed by atoms with van der Waals surface area (Å²) in [6, 6.07) is 10.2. The smallest absolute Gasteiger partial charge is 0.258 e. The molecule has 0 saturated heterocycles. The van der Waals surface area contributed by atoms with Crippen LogP contribution in [0.2, 0.25) is 0 Å². The Morgan fingerprint density at radius 2 is 2.09 bits per heavy atom. The lowest BCUT2D eigenvalue weighted by atomic mass is 10.0. The van der Waals surface area contributed by atoms with Crippen LogP contribution in [0.1, 0.15) is 17.0 Å². The second kappa shape index (κ2) is 5.50. The summed E-state index contributed by atoms with van der Waals surface area (Å²) in [4.78, 5) is 19.2. The lowest BCUT2D eigenvalue weighted by molar-refractivity contribution is 0.357. The zero-order valence-corrected chi connectivity index (χ0v) is 12.4. The molecule has 0 spiro atoms. The molecule has 3 aromatic rings. The predicted molar refractivity (Wildman–Crippen MR) is 85.4 cm³/mol. The number of hydrogen-bond donors (Lipinski definition) is 1. The van der Waals surface area contributed by atoms with Gasteiger partial charge in [0.2, 0.25) is 0 Å². The number of aromatic nitrogens is 2. The molecule has 5 heteroatoms. The van der Waals surface area contributed by atoms with Gasteiger partial charge in [-0.05, 0) is 35.7 Å². The van der Waals surface area contributed by atoms with Gasteiger partial charge in [0.05, 0.1) is 17.5 Å². The molecule has 0 amide bonds. The summed E-state index contributed by atoms with van der Waals surface area (Å²) >= 11 is 0. The van der Waals surface area contributed by atoms with E-state index in [0.29, 0.717) is 23.1 Å². The van der Waals surface area contributed by atoms with Gasteiger partial charge in [-0.15, -0.1) is 0 Å². The summed E-state index contributed by atoms with van der Waals surface area (Å²) in [6.45, 7) is 0.740. The van der Waals surface area contributed by atoms with E-state index in [1.165, 1.54) is 29.3 Å². The maximum atomic E-state index is 13.3. The number of benzene rings is 2. The van der Waals surface area contributed by atoms with Crippen molar-refractivity contribution in [1.82, 2.24) is 9.97 Å². The van der Waals surface area contributed by atoms with Crippen molar-refractivity contribution in [2.75, 3.05) is 6.61 Å². The molecular weight excluding hydrogens is 295 g/mol. The van der Waals surface area contributed by atoms with Crippen LogP contribution >= 0.6 is 0 Å². The molecule has 1 aliphatic rings. The minimum absolute atomic E-state index is 0.229. The molecule has 2 heterocycles. The van der Waals surface area contributed by atoms with Crippen molar-refractivity contribution < 1.29 is 9.13 Å². The van der Waals surface area contributed by atoms with Crippen LogP contribution in [0.3, 0.4) is 0 Å². The fourth-order valence-electron chi connectivity index (χ4n) is 2.94. The predicted octanol–water partition coefficient (Wildman–Crippen LogP) is 2.78. The molecule has 0 unspecified atom stereocenters. The van der Waals surface area contributed by atoms with Crippen LogP contribution in [0.5, 0.6) is 5.75 Å². The Kier molecular flexibility index (Phi) is 3.33. The number of nitrogens with zero attached hydrogens (tertiary/aromatic N) is 1. The first kappa shape index (κ1) is 13.9. The number of hydrogen-bond acceptors (Lipinski definition) is 3. The summed E-state index contributed by atoms with van der Waals surface area (Å²) in [5.74, 6) is 1.14. The van der Waals surface area contributed by atoms with Gasteiger partial charge in [0.1, 0.15) is 17.4 Å². The first-order valence-electron chi connectivity index (χ1n) is 7.62. The molecule has 23 heavy (non-hydrogen) atoms. The van der Waals surface area contributed by atoms with Crippen molar-refractivity contribution in [2.24, 2.45) is 0 Å². The molecule has 0 bridgehead atoms. The van der Waals surface area contributed by atoms with E-state index in [1.807, 2.05) is 12.1 Å². The lowest BCUT2D eigenvalue weighted by Gasteiger charge is -2.05. The van der Waals surface area contributed by atoms with E-state index >= 15 is 0 Å². The highest BCUT2D eigenvalue weighted by atomic mass is 19.1. The van der Waals surface area contributed by atoms with Crippen LogP contribution in [0.25, 0.3) is 10.9 Å². The van der Waals surface area contributed by atoms with Gasteiger partial charge in [-0.25, -0.2) is 9.37 Å². The maximum absolute atomic E-state index is 13.3. The van der Waals surface area contributed by atoms with E-state index in [0.717, 1.165) is 25.2 Å². The van der Waals surface area contributed by atoms with Crippen LogP contribution in [0, 0.1) is 5.82 Å². The van der Waals surface area contributed by atoms with Crippen molar-refractivity contribution in [3.63, 3.8) is 0 Å². The molecule has 116 valence electrons. The minimum Gasteiger partial charge on any atom is -0.493 e. The average molecular weight is 310 g/mol. The van der Waals surface area contributed by atoms with Crippen LogP contribution in [0.4, 0.5) is 4.39 Å². The summed E-state index contributed by atoms with van der Waals surface area (Å²) in [5.41, 5.74) is 2.57. The lowest BCUT2D eigenvalue weighted by Crippen LogP contribution is -2.12. The zero-order chi connectivity index (χ0) is 15.8. The minimum atomic E-state index is -0.389. The van der Waals surface area contributed by atoms with E-state index in [-0.39, 0.29) is 11.4 Å². The summed E-state index contributed by atoms with van der Waals surface area (Å²) in [6.07, 6.45) is 2.30. The van der Waals surface area contributed by atoms with Gasteiger partial charge in [0.25, 0.3) is 5.56 Å². The molecule has 0 aliphatic carbocycles. The van der Waals surface area contributed by atoms with E-state index < -0.39 is 0 Å². The summed E-state index contributed by atoms with van der Waals surface area (Å²) < 4.78 is 18.8. The molecule has 2 aromatic carbocycles. The normalized spacial score (nSPS) is 13.1. The molecule has 1 aliphatic heterocycles. The van der Waals surface area contributed by atoms with Crippen LogP contribution in [0.15, 0.2) is 41.2 Å². The average Bonchev–Trinajstić information content (AvgIpc) is 3.00. The van der Waals surface area contributed by atoms with Crippen molar-refractivity contribution >= 4 is 10.9 Å². The highest BCUT2D eigenvalue weighted by Crippen LogP contribution is 2.26. The fourth-order valence-corrected chi connectivity index (χ4v) is 2.94. The Labute approximate surface area is 132 Å². The second-order valence-corrected chi connectivity index (χ2v) is 5.71. The number of aromatic amines is 1. The third-order valence-corrected chi connectivity index (χ3v) is 4.12. The highest BCUT2D eigenvalue weighted by molar-refractivity contribution is 5.77. The Morgan fingerprint density at radius 1 is 1.17 bits per heavy atom. The molecule has 4 nitrogen and oxygen atoms in total. The Bertz CT molecular complexity index is 949. The molecule has 0 saturated carbocycles. The first-order chi connectivity index (χ1) is 11.2. The van der Waals surface area contributed by atoms with Gasteiger partial charge in [-0.3, -0.25) is 4.79 Å².